The summed E-state index contributed by atoms with van der Waals surface area (Å²) in [6.45, 7) is 4.82. The summed E-state index contributed by atoms with van der Waals surface area (Å²) in [4.78, 5) is 60.9. The van der Waals surface area contributed by atoms with E-state index in [1.165, 1.54) is 30.2 Å². The summed E-state index contributed by atoms with van der Waals surface area (Å²) in [5.74, 6) is -1.42. The molecule has 0 unspecified atom stereocenters. The summed E-state index contributed by atoms with van der Waals surface area (Å²) in [6.07, 6.45) is 13.6. The van der Waals surface area contributed by atoms with Gasteiger partial charge in [-0.2, -0.15) is 0 Å². The van der Waals surface area contributed by atoms with Gasteiger partial charge in [-0.15, -0.1) is 0 Å². The standard InChI is InChI=1S/C36H50N6O4/c1-21(2)32(35(45)39-28(15-14-22-9-5-4-6-10-22)36(46)42-16-8-13-29(42)33(37)43)40-34(44)24-17-26-25-11-7-12-27-31(25)23(19-38-27)18-30(26)41(3)20-24/h7,11-12,17,19,21-22,24,28-30,32,38H,4-6,8-10,13-16,18,20H2,1-3H3,(H2,37,43)(H,39,45)(H,40,44)/t24-,28+,29+,30-,32+/m1/s1. The first kappa shape index (κ1) is 32.3. The molecule has 248 valence electrons. The number of carbonyl (C=O) groups is 4. The number of carbonyl (C=O) groups excluding carboxylic acids is 4. The van der Waals surface area contributed by atoms with Gasteiger partial charge >= 0.3 is 0 Å². The minimum Gasteiger partial charge on any atom is -0.368 e. The normalized spacial score (nSPS) is 24.7. The van der Waals surface area contributed by atoms with Crippen LogP contribution in [0, 0.1) is 17.8 Å². The molecule has 0 spiro atoms. The Balaban J connectivity index is 1.18. The quantitative estimate of drug-likeness (QED) is 0.318. The second-order valence-electron chi connectivity index (χ2n) is 14.4. The van der Waals surface area contributed by atoms with Crippen LogP contribution in [0.15, 0.2) is 30.5 Å². The number of hydrogen-bond donors (Lipinski definition) is 4. The second-order valence-corrected chi connectivity index (χ2v) is 14.4. The number of aromatic amines is 1. The van der Waals surface area contributed by atoms with Crippen molar-refractivity contribution in [1.29, 1.82) is 0 Å². The minimum atomic E-state index is -0.810. The molecule has 0 bridgehead atoms. The minimum absolute atomic E-state index is 0.188. The summed E-state index contributed by atoms with van der Waals surface area (Å²) in [5.41, 5.74) is 10.3. The fourth-order valence-electron chi connectivity index (χ4n) is 8.33. The van der Waals surface area contributed by atoms with Gasteiger partial charge in [0.1, 0.15) is 18.1 Å². The third-order valence-electron chi connectivity index (χ3n) is 10.9. The predicted octanol–water partition coefficient (Wildman–Crippen LogP) is 3.50. The zero-order chi connectivity index (χ0) is 32.5. The molecule has 1 aromatic heterocycles. The van der Waals surface area contributed by atoms with Gasteiger partial charge in [0.05, 0.1) is 5.92 Å². The van der Waals surface area contributed by atoms with Crippen molar-refractivity contribution < 1.29 is 19.2 Å². The number of benzene rings is 1. The lowest BCUT2D eigenvalue weighted by molar-refractivity contribution is -0.141. The Morgan fingerprint density at radius 1 is 1.04 bits per heavy atom. The summed E-state index contributed by atoms with van der Waals surface area (Å²) in [6, 6.07) is 4.22. The Bertz CT molecular complexity index is 1510. The fourth-order valence-corrected chi connectivity index (χ4v) is 8.33. The molecule has 1 saturated heterocycles. The number of rotatable bonds is 10. The van der Waals surface area contributed by atoms with Crippen LogP contribution in [-0.2, 0) is 25.6 Å². The van der Waals surface area contributed by atoms with E-state index in [9.17, 15) is 19.2 Å². The molecule has 6 rings (SSSR count). The van der Waals surface area contributed by atoms with Crippen LogP contribution in [0.2, 0.25) is 0 Å². The van der Waals surface area contributed by atoms with Gasteiger partial charge in [-0.1, -0.05) is 64.2 Å². The van der Waals surface area contributed by atoms with Crippen molar-refractivity contribution in [3.63, 3.8) is 0 Å². The van der Waals surface area contributed by atoms with E-state index in [-0.39, 0.29) is 29.7 Å². The van der Waals surface area contributed by atoms with Crippen molar-refractivity contribution in [2.75, 3.05) is 20.1 Å². The molecule has 5 atom stereocenters. The second kappa shape index (κ2) is 13.6. The smallest absolute Gasteiger partial charge is 0.245 e. The number of nitrogens with zero attached hydrogens (tertiary/aromatic N) is 2. The lowest BCUT2D eigenvalue weighted by Crippen LogP contribution is -2.58. The number of nitrogens with two attached hydrogens (primary N) is 1. The summed E-state index contributed by atoms with van der Waals surface area (Å²) in [7, 11) is 2.06. The van der Waals surface area contributed by atoms with E-state index in [0.29, 0.717) is 38.3 Å². The third-order valence-corrected chi connectivity index (χ3v) is 10.9. The average Bonchev–Trinajstić information content (AvgIpc) is 3.71. The van der Waals surface area contributed by atoms with E-state index < -0.39 is 30.0 Å². The Morgan fingerprint density at radius 2 is 1.83 bits per heavy atom. The highest BCUT2D eigenvalue weighted by molar-refractivity contribution is 6.00. The fraction of sp³-hybridized carbons (Fsp3) is 0.611. The Hall–Kier alpha value is -3.66. The monoisotopic (exact) mass is 630 g/mol. The summed E-state index contributed by atoms with van der Waals surface area (Å²) in [5, 5.41) is 7.31. The van der Waals surface area contributed by atoms with Crippen LogP contribution in [-0.4, -0.2) is 82.7 Å². The molecule has 1 saturated carbocycles. The van der Waals surface area contributed by atoms with E-state index in [4.69, 9.17) is 5.73 Å². The predicted molar refractivity (Wildman–Crippen MR) is 178 cm³/mol. The van der Waals surface area contributed by atoms with Crippen LogP contribution in [0.5, 0.6) is 0 Å². The molecule has 3 heterocycles. The Morgan fingerprint density at radius 3 is 2.57 bits per heavy atom. The SMILES string of the molecule is CC(C)[C@H](NC(=O)[C@@H]1C=C2c3cccc4[nH]cc(c34)C[C@H]2N(C)C1)C(=O)N[C@@H](CCC1CCCCC1)C(=O)N1CCC[C@H]1C(N)=O. The van der Waals surface area contributed by atoms with Gasteiger partial charge in [0.25, 0.3) is 0 Å². The van der Waals surface area contributed by atoms with Crippen molar-refractivity contribution in [3.05, 3.63) is 41.6 Å². The maximum atomic E-state index is 13.9. The zero-order valence-corrected chi connectivity index (χ0v) is 27.5. The molecule has 1 aromatic carbocycles. The number of nitrogens with one attached hydrogen (secondary N) is 3. The van der Waals surface area contributed by atoms with E-state index in [0.717, 1.165) is 42.3 Å². The van der Waals surface area contributed by atoms with Crippen molar-refractivity contribution in [3.8, 4) is 0 Å². The zero-order valence-electron chi connectivity index (χ0n) is 27.5. The summed E-state index contributed by atoms with van der Waals surface area (Å²) < 4.78 is 0. The van der Waals surface area contributed by atoms with Crippen molar-refractivity contribution >= 4 is 40.1 Å². The van der Waals surface area contributed by atoms with Crippen molar-refractivity contribution in [2.45, 2.75) is 102 Å². The topological polar surface area (TPSA) is 141 Å². The molecule has 10 heteroatoms. The molecule has 2 aliphatic carbocycles. The molecule has 4 amide bonds. The highest BCUT2D eigenvalue weighted by atomic mass is 16.2. The largest absolute Gasteiger partial charge is 0.368 e. The number of likely N-dealkylation sites (tertiary alicyclic amines) is 1. The number of likely N-dealkylation sites (N-methyl/N-ethyl adjacent to an activating group) is 1. The number of fused-ring (bicyclic) bond motifs is 2. The van der Waals surface area contributed by atoms with Gasteiger partial charge in [-0.05, 0) is 73.8 Å². The lowest BCUT2D eigenvalue weighted by Gasteiger charge is -2.39. The molecule has 2 aliphatic heterocycles. The van der Waals surface area contributed by atoms with Crippen molar-refractivity contribution in [1.82, 2.24) is 25.4 Å². The average molecular weight is 631 g/mol. The van der Waals surface area contributed by atoms with Gasteiger partial charge in [0.15, 0.2) is 0 Å². The van der Waals surface area contributed by atoms with Gasteiger partial charge in [-0.3, -0.25) is 24.1 Å². The molecule has 4 aliphatic rings. The van der Waals surface area contributed by atoms with E-state index in [2.05, 4.69) is 52.0 Å². The molecule has 46 heavy (non-hydrogen) atoms. The molecule has 2 aromatic rings. The number of H-pyrrole nitrogens is 1. The van der Waals surface area contributed by atoms with Crippen LogP contribution in [0.25, 0.3) is 16.5 Å². The lowest BCUT2D eigenvalue weighted by atomic mass is 9.79. The van der Waals surface area contributed by atoms with Crippen LogP contribution in [0.3, 0.4) is 0 Å². The number of primary amides is 1. The van der Waals surface area contributed by atoms with E-state index >= 15 is 0 Å². The van der Waals surface area contributed by atoms with Crippen LogP contribution in [0.1, 0.15) is 82.8 Å². The number of amides is 4. The van der Waals surface area contributed by atoms with Gasteiger partial charge in [0, 0.05) is 36.2 Å². The summed E-state index contributed by atoms with van der Waals surface area (Å²) >= 11 is 0. The molecular weight excluding hydrogens is 580 g/mol. The first-order valence-electron chi connectivity index (χ1n) is 17.3. The van der Waals surface area contributed by atoms with Gasteiger partial charge < -0.3 is 26.3 Å². The first-order chi connectivity index (χ1) is 22.1. The Kier molecular flexibility index (Phi) is 9.54. The Labute approximate surface area is 271 Å². The maximum absolute atomic E-state index is 13.9. The molecule has 10 nitrogen and oxygen atoms in total. The third kappa shape index (κ3) is 6.46. The first-order valence-corrected chi connectivity index (χ1v) is 17.3. The van der Waals surface area contributed by atoms with Crippen LogP contribution < -0.4 is 16.4 Å². The molecule has 2 fully saturated rings. The number of aromatic nitrogens is 1. The molecular formula is C36H50N6O4. The molecule has 0 radical (unpaired) electrons. The maximum Gasteiger partial charge on any atom is 0.245 e. The molecule has 5 N–H and O–H groups in total. The highest BCUT2D eigenvalue weighted by Crippen LogP contribution is 2.41. The van der Waals surface area contributed by atoms with E-state index in [1.54, 1.807) is 4.90 Å². The van der Waals surface area contributed by atoms with Crippen LogP contribution >= 0.6 is 0 Å². The van der Waals surface area contributed by atoms with E-state index in [1.807, 2.05) is 19.9 Å². The van der Waals surface area contributed by atoms with Gasteiger partial charge in [0.2, 0.25) is 23.6 Å². The van der Waals surface area contributed by atoms with Crippen molar-refractivity contribution in [2.24, 2.45) is 23.5 Å². The van der Waals surface area contributed by atoms with Crippen LogP contribution in [0.4, 0.5) is 0 Å². The highest BCUT2D eigenvalue weighted by Gasteiger charge is 2.40. The number of hydrogen-bond acceptors (Lipinski definition) is 5. The van der Waals surface area contributed by atoms with Gasteiger partial charge in [-0.25, -0.2) is 0 Å².